The summed E-state index contributed by atoms with van der Waals surface area (Å²) in [5.41, 5.74) is -0.0258. The Labute approximate surface area is 163 Å². The van der Waals surface area contributed by atoms with E-state index in [0.29, 0.717) is 47.8 Å². The molecule has 0 bridgehead atoms. The first-order chi connectivity index (χ1) is 12.7. The molecule has 4 saturated carbocycles. The van der Waals surface area contributed by atoms with Crippen molar-refractivity contribution in [2.45, 2.75) is 96.7 Å². The maximum atomic E-state index is 11.0. The van der Waals surface area contributed by atoms with E-state index >= 15 is 0 Å². The van der Waals surface area contributed by atoms with Gasteiger partial charge < -0.3 is 15.3 Å². The first-order valence-electron chi connectivity index (χ1n) is 11.4. The van der Waals surface area contributed by atoms with Crippen LogP contribution in [-0.2, 0) is 4.79 Å². The molecule has 0 amide bonds. The lowest BCUT2D eigenvalue weighted by Gasteiger charge is -2.63. The summed E-state index contributed by atoms with van der Waals surface area (Å²) in [7, 11) is 0. The number of carbonyl (C=O) groups is 1. The highest BCUT2D eigenvalue weighted by Crippen LogP contribution is 2.69. The molecule has 3 N–H and O–H groups in total. The van der Waals surface area contributed by atoms with Crippen molar-refractivity contribution in [3.05, 3.63) is 0 Å². The van der Waals surface area contributed by atoms with Crippen LogP contribution >= 0.6 is 0 Å². The van der Waals surface area contributed by atoms with Gasteiger partial charge in [0.25, 0.3) is 0 Å². The number of aliphatic hydroxyl groups is 2. The first kappa shape index (κ1) is 19.7. The zero-order valence-electron chi connectivity index (χ0n) is 17.1. The van der Waals surface area contributed by atoms with E-state index < -0.39 is 11.8 Å². The summed E-state index contributed by atoms with van der Waals surface area (Å²) < 4.78 is 0. The molecule has 4 aliphatic carbocycles. The highest BCUT2D eigenvalue weighted by molar-refractivity contribution is 5.66. The molecule has 0 spiro atoms. The van der Waals surface area contributed by atoms with Gasteiger partial charge in [-0.25, -0.2) is 0 Å². The minimum absolute atomic E-state index is 0.292. The average molecular weight is 379 g/mol. The predicted molar refractivity (Wildman–Crippen MR) is 104 cm³/mol. The van der Waals surface area contributed by atoms with Crippen LogP contribution in [-0.4, -0.2) is 27.1 Å². The molecule has 4 rings (SSSR count). The second-order valence-electron chi connectivity index (χ2n) is 10.7. The second-order valence-corrected chi connectivity index (χ2v) is 10.7. The van der Waals surface area contributed by atoms with E-state index in [1.165, 1.54) is 25.7 Å². The fourth-order valence-electron chi connectivity index (χ4n) is 8.45. The van der Waals surface area contributed by atoms with Crippen LogP contribution in [0.25, 0.3) is 0 Å². The molecule has 4 heteroatoms. The molecule has 27 heavy (non-hydrogen) atoms. The molecule has 7 unspecified atom stereocenters. The summed E-state index contributed by atoms with van der Waals surface area (Å²) in [5.74, 6) is 0.652. The number of carboxylic acid groups (broad SMARTS) is 1. The van der Waals surface area contributed by atoms with Crippen molar-refractivity contribution in [3.8, 4) is 0 Å². The third kappa shape index (κ3) is 2.88. The van der Waals surface area contributed by atoms with E-state index in [1.54, 1.807) is 0 Å². The van der Waals surface area contributed by atoms with Gasteiger partial charge in [-0.1, -0.05) is 13.8 Å². The summed E-state index contributed by atoms with van der Waals surface area (Å²) in [6.07, 6.45) is 11.9. The van der Waals surface area contributed by atoms with Crippen LogP contribution in [0.1, 0.15) is 90.9 Å². The molecular weight excluding hydrogens is 340 g/mol. The number of aliphatic carboxylic acids is 1. The molecule has 0 heterocycles. The third-order valence-corrected chi connectivity index (χ3v) is 9.98. The van der Waals surface area contributed by atoms with Crippen molar-refractivity contribution in [1.82, 2.24) is 0 Å². The van der Waals surface area contributed by atoms with Crippen LogP contribution in [0.15, 0.2) is 0 Å². The number of carboxylic acids is 1. The van der Waals surface area contributed by atoms with Crippen LogP contribution in [0.4, 0.5) is 0 Å². The third-order valence-electron chi connectivity index (χ3n) is 9.98. The molecule has 4 fully saturated rings. The highest BCUT2D eigenvalue weighted by atomic mass is 16.5. The molecule has 4 aliphatic rings. The highest BCUT2D eigenvalue weighted by Gasteiger charge is 2.65. The lowest BCUT2D eigenvalue weighted by molar-refractivity contribution is -0.313. The van der Waals surface area contributed by atoms with Crippen molar-refractivity contribution >= 4 is 5.97 Å². The Morgan fingerprint density at radius 3 is 2.48 bits per heavy atom. The summed E-state index contributed by atoms with van der Waals surface area (Å²) in [4.78, 5) is 10.9. The molecule has 0 aromatic carbocycles. The molecule has 0 aromatic rings. The molecule has 7 atom stereocenters. The zero-order valence-corrected chi connectivity index (χ0v) is 17.1. The summed E-state index contributed by atoms with van der Waals surface area (Å²) in [5, 5.41) is 31.0. The number of hydrogen-bond donors (Lipinski definition) is 3. The smallest absolute Gasteiger partial charge is 0.303 e. The van der Waals surface area contributed by atoms with E-state index in [4.69, 9.17) is 5.11 Å². The SMILES string of the molecule is CC12CCC3C(CCC4CCCC(O)(O)C43C)C1CCC2CCCC(=O)O. The Morgan fingerprint density at radius 2 is 1.74 bits per heavy atom. The molecule has 4 nitrogen and oxygen atoms in total. The normalized spacial score (nSPS) is 48.4. The van der Waals surface area contributed by atoms with Crippen molar-refractivity contribution in [3.63, 3.8) is 0 Å². The largest absolute Gasteiger partial charge is 0.481 e. The Balaban J connectivity index is 1.54. The molecule has 154 valence electrons. The molecule has 0 aliphatic heterocycles. The summed E-state index contributed by atoms with van der Waals surface area (Å²) in [6.45, 7) is 4.66. The van der Waals surface area contributed by atoms with E-state index in [2.05, 4.69) is 13.8 Å². The monoisotopic (exact) mass is 378 g/mol. The van der Waals surface area contributed by atoms with Gasteiger partial charge in [-0.3, -0.25) is 4.79 Å². The Bertz CT molecular complexity index is 587. The molecule has 0 saturated heterocycles. The van der Waals surface area contributed by atoms with Crippen LogP contribution in [0.5, 0.6) is 0 Å². The fraction of sp³-hybridized carbons (Fsp3) is 0.957. The first-order valence-corrected chi connectivity index (χ1v) is 11.4. The van der Waals surface area contributed by atoms with Crippen LogP contribution in [0.3, 0.4) is 0 Å². The van der Waals surface area contributed by atoms with Gasteiger partial charge in [-0.05, 0) is 99.2 Å². The van der Waals surface area contributed by atoms with Gasteiger partial charge in [-0.15, -0.1) is 0 Å². The van der Waals surface area contributed by atoms with Crippen LogP contribution < -0.4 is 0 Å². The van der Waals surface area contributed by atoms with E-state index in [-0.39, 0.29) is 5.41 Å². The maximum absolute atomic E-state index is 11.0. The van der Waals surface area contributed by atoms with Crippen LogP contribution in [0, 0.1) is 40.4 Å². The van der Waals surface area contributed by atoms with Crippen molar-refractivity contribution in [2.24, 2.45) is 40.4 Å². The number of hydrogen-bond acceptors (Lipinski definition) is 3. The average Bonchev–Trinajstić information content (AvgIpc) is 2.92. The zero-order chi connectivity index (χ0) is 19.4. The molecular formula is C23H38O4. The summed E-state index contributed by atoms with van der Waals surface area (Å²) >= 11 is 0. The Kier molecular flexibility index (Phi) is 4.91. The van der Waals surface area contributed by atoms with Gasteiger partial charge in [0.05, 0.1) is 0 Å². The number of fused-ring (bicyclic) bond motifs is 5. The van der Waals surface area contributed by atoms with Crippen molar-refractivity contribution < 1.29 is 20.1 Å². The standard InChI is InChI=1S/C23H38O4/c1-21-14-12-19-17(18(21)11-9-15(21)5-3-7-20(24)25)10-8-16-6-4-13-23(26,27)22(16,19)2/h15-19,26-27H,3-14H2,1-2H3,(H,24,25). The minimum Gasteiger partial charge on any atom is -0.481 e. The van der Waals surface area contributed by atoms with E-state index in [1.807, 2.05) is 0 Å². The summed E-state index contributed by atoms with van der Waals surface area (Å²) in [6, 6.07) is 0. The van der Waals surface area contributed by atoms with Crippen molar-refractivity contribution in [1.29, 1.82) is 0 Å². The second kappa shape index (κ2) is 6.73. The van der Waals surface area contributed by atoms with Gasteiger partial charge in [0, 0.05) is 18.3 Å². The topological polar surface area (TPSA) is 77.8 Å². The predicted octanol–water partition coefficient (Wildman–Crippen LogP) is 4.58. The lowest BCUT2D eigenvalue weighted by Crippen LogP contribution is -2.63. The Morgan fingerprint density at radius 1 is 0.963 bits per heavy atom. The quantitative estimate of drug-likeness (QED) is 0.626. The minimum atomic E-state index is -1.51. The molecule has 0 aromatic heterocycles. The van der Waals surface area contributed by atoms with E-state index in [0.717, 1.165) is 38.5 Å². The maximum Gasteiger partial charge on any atom is 0.303 e. The molecule has 0 radical (unpaired) electrons. The van der Waals surface area contributed by atoms with Gasteiger partial charge >= 0.3 is 5.97 Å². The lowest BCUT2D eigenvalue weighted by atomic mass is 9.43. The van der Waals surface area contributed by atoms with Gasteiger partial charge in [0.15, 0.2) is 5.79 Å². The van der Waals surface area contributed by atoms with E-state index in [9.17, 15) is 15.0 Å². The fourth-order valence-corrected chi connectivity index (χ4v) is 8.45. The van der Waals surface area contributed by atoms with Gasteiger partial charge in [-0.2, -0.15) is 0 Å². The van der Waals surface area contributed by atoms with Gasteiger partial charge in [0.2, 0.25) is 0 Å². The van der Waals surface area contributed by atoms with Crippen molar-refractivity contribution in [2.75, 3.05) is 0 Å². The van der Waals surface area contributed by atoms with Gasteiger partial charge in [0.1, 0.15) is 0 Å². The Hall–Kier alpha value is -0.610. The number of rotatable bonds is 4. The van der Waals surface area contributed by atoms with Crippen LogP contribution in [0.2, 0.25) is 0 Å².